The summed E-state index contributed by atoms with van der Waals surface area (Å²) < 4.78 is 10.7. The maximum Gasteiger partial charge on any atom is 0.306 e. The van der Waals surface area contributed by atoms with Crippen molar-refractivity contribution in [1.29, 1.82) is 0 Å². The van der Waals surface area contributed by atoms with Gasteiger partial charge in [0.15, 0.2) is 6.10 Å². The predicted octanol–water partition coefficient (Wildman–Crippen LogP) is 22.2. The molecule has 0 aliphatic rings. The van der Waals surface area contributed by atoms with E-state index in [0.29, 0.717) is 12.8 Å². The molecule has 1 unspecified atom stereocenters. The van der Waals surface area contributed by atoms with E-state index in [1.807, 2.05) is 0 Å². The smallest absolute Gasteiger partial charge is 0.306 e. The molecule has 0 aromatic heterocycles. The first-order valence-electron chi connectivity index (χ1n) is 31.6. The first-order chi connectivity index (χ1) is 39.6. The first kappa shape index (κ1) is 74.5. The van der Waals surface area contributed by atoms with Crippen LogP contribution in [-0.4, -0.2) is 36.4 Å². The number of esters is 2. The van der Waals surface area contributed by atoms with Crippen LogP contribution in [-0.2, 0) is 19.1 Å². The molecule has 0 saturated carbocycles. The van der Waals surface area contributed by atoms with Crippen molar-refractivity contribution in [3.05, 3.63) is 207 Å². The number of carbonyl (C=O) groups excluding carboxylic acids is 2. The van der Waals surface area contributed by atoms with Gasteiger partial charge in [-0.05, 0) is 148 Å². The minimum Gasteiger partial charge on any atom is -0.462 e. The molecule has 1 N–H and O–H groups in total. The van der Waals surface area contributed by atoms with Gasteiger partial charge in [-0.15, -0.1) is 0 Å². The van der Waals surface area contributed by atoms with Gasteiger partial charge in [0.1, 0.15) is 6.61 Å². The van der Waals surface area contributed by atoms with E-state index in [2.05, 4.69) is 220 Å². The Bertz CT molecular complexity index is 1910. The third-order valence-corrected chi connectivity index (χ3v) is 12.6. The number of aliphatic hydroxyl groups excluding tert-OH is 1. The number of rotatable bonds is 55. The Morgan fingerprint density at radius 1 is 0.287 bits per heavy atom. The zero-order valence-electron chi connectivity index (χ0n) is 50.7. The fraction of sp³-hybridized carbons (Fsp3) is 0.520. The van der Waals surface area contributed by atoms with Gasteiger partial charge in [0, 0.05) is 12.8 Å². The Balaban J connectivity index is 3.66. The van der Waals surface area contributed by atoms with E-state index < -0.39 is 6.10 Å². The van der Waals surface area contributed by atoms with Crippen LogP contribution >= 0.6 is 0 Å². The van der Waals surface area contributed by atoms with Crippen molar-refractivity contribution < 1.29 is 24.2 Å². The average Bonchev–Trinajstić information content (AvgIpc) is 3.46. The zero-order valence-corrected chi connectivity index (χ0v) is 50.7. The van der Waals surface area contributed by atoms with Gasteiger partial charge in [-0.1, -0.05) is 278 Å². The Labute approximate surface area is 491 Å². The third-order valence-electron chi connectivity index (χ3n) is 12.6. The molecule has 0 aromatic rings. The molecule has 0 radical (unpaired) electrons. The number of hydrogen-bond acceptors (Lipinski definition) is 5. The topological polar surface area (TPSA) is 72.8 Å². The van der Waals surface area contributed by atoms with E-state index in [0.717, 1.165) is 161 Å². The second-order valence-corrected chi connectivity index (χ2v) is 20.0. The Morgan fingerprint density at radius 3 is 0.750 bits per heavy atom. The van der Waals surface area contributed by atoms with Gasteiger partial charge < -0.3 is 14.6 Å². The summed E-state index contributed by atoms with van der Waals surface area (Å²) in [4.78, 5) is 24.6. The number of allylic oxidation sites excluding steroid dienone is 34. The van der Waals surface area contributed by atoms with Crippen molar-refractivity contribution in [3.8, 4) is 0 Å². The number of ether oxygens (including phenoxy) is 2. The Morgan fingerprint density at radius 2 is 0.500 bits per heavy atom. The second kappa shape index (κ2) is 67.8. The molecule has 444 valence electrons. The van der Waals surface area contributed by atoms with Crippen molar-refractivity contribution in [2.45, 2.75) is 238 Å². The summed E-state index contributed by atoms with van der Waals surface area (Å²) >= 11 is 0. The highest BCUT2D eigenvalue weighted by atomic mass is 16.6. The maximum absolute atomic E-state index is 12.3. The molecule has 5 heteroatoms. The van der Waals surface area contributed by atoms with Crippen LogP contribution < -0.4 is 0 Å². The molecule has 0 aromatic carbocycles. The molecular weight excluding hydrogens is 981 g/mol. The summed E-state index contributed by atoms with van der Waals surface area (Å²) in [6, 6.07) is 0. The Hall–Kier alpha value is -5.52. The highest BCUT2D eigenvalue weighted by molar-refractivity contribution is 5.70. The molecule has 5 nitrogen and oxygen atoms in total. The summed E-state index contributed by atoms with van der Waals surface area (Å²) in [5.41, 5.74) is 0. The standard InChI is InChI=1S/C75H114O5/c1-3-5-7-9-11-13-15-17-19-21-23-25-27-29-31-33-35-36-37-38-40-42-44-46-48-50-52-54-56-58-60-62-64-66-68-70-75(78)80-73(71-76)72-79-74(77)69-67-65-63-61-59-57-55-53-51-49-47-45-43-41-39-34-32-30-28-26-24-22-20-18-16-14-12-10-8-6-4-2/h5-8,11-14,17-20,23-26,29-32,35-36,38-41,44-47,50-53,73,76H,3-4,9-10,15-16,21-22,27-28,33-34,37,42-43,48-49,54-72H2,1-2H3/b7-5-,8-6-,13-11-,14-12-,19-17-,20-18-,25-23-,26-24-,31-29-,32-30-,36-35-,40-38-,41-39-,46-44-,47-45-,52-50-,53-51-. The summed E-state index contributed by atoms with van der Waals surface area (Å²) in [7, 11) is 0. The molecule has 0 saturated heterocycles. The van der Waals surface area contributed by atoms with Crippen molar-refractivity contribution >= 4 is 11.9 Å². The highest BCUT2D eigenvalue weighted by Gasteiger charge is 2.16. The lowest BCUT2D eigenvalue weighted by Gasteiger charge is -2.15. The predicted molar refractivity (Wildman–Crippen MR) is 352 cm³/mol. The summed E-state index contributed by atoms with van der Waals surface area (Å²) in [6.07, 6.45) is 109. The van der Waals surface area contributed by atoms with E-state index in [1.54, 1.807) is 0 Å². The van der Waals surface area contributed by atoms with Crippen molar-refractivity contribution in [3.63, 3.8) is 0 Å². The van der Waals surface area contributed by atoms with Crippen LogP contribution in [0, 0.1) is 0 Å². The third kappa shape index (κ3) is 65.0. The SMILES string of the molecule is CC/C=C\C/C=C\C/C=C\C/C=C\C/C=C\C/C=C\C/C=C\C/C=C\C/C=C\CCCCCCCCCC(=O)OC(CO)COC(=O)CCCCCCCC/C=C\C/C=C\C/C=C\C/C=C\C/C=C\C/C=C\C/C=C\C/C=C\CC. The van der Waals surface area contributed by atoms with Crippen LogP contribution in [0.3, 0.4) is 0 Å². The number of unbranched alkanes of at least 4 members (excludes halogenated alkanes) is 13. The highest BCUT2D eigenvalue weighted by Crippen LogP contribution is 2.13. The summed E-state index contributed by atoms with van der Waals surface area (Å²) in [6.45, 7) is 3.88. The van der Waals surface area contributed by atoms with Gasteiger partial charge in [-0.25, -0.2) is 0 Å². The van der Waals surface area contributed by atoms with E-state index in [9.17, 15) is 14.7 Å². The van der Waals surface area contributed by atoms with Gasteiger partial charge in [0.25, 0.3) is 0 Å². The zero-order chi connectivity index (χ0) is 57.6. The summed E-state index contributed by atoms with van der Waals surface area (Å²) in [5, 5.41) is 9.68. The fourth-order valence-corrected chi connectivity index (χ4v) is 7.92. The van der Waals surface area contributed by atoms with Gasteiger partial charge in [0.2, 0.25) is 0 Å². The molecule has 1 atom stereocenters. The van der Waals surface area contributed by atoms with Crippen LogP contribution in [0.15, 0.2) is 207 Å². The van der Waals surface area contributed by atoms with E-state index in [-0.39, 0.29) is 25.2 Å². The minimum atomic E-state index is -0.804. The molecule has 80 heavy (non-hydrogen) atoms. The van der Waals surface area contributed by atoms with Crippen LogP contribution in [0.25, 0.3) is 0 Å². The molecular formula is C75H114O5. The lowest BCUT2D eigenvalue weighted by Crippen LogP contribution is -2.28. The van der Waals surface area contributed by atoms with Gasteiger partial charge in [-0.3, -0.25) is 9.59 Å². The van der Waals surface area contributed by atoms with Crippen LogP contribution in [0.1, 0.15) is 232 Å². The monoisotopic (exact) mass is 1090 g/mol. The van der Waals surface area contributed by atoms with Crippen LogP contribution in [0.5, 0.6) is 0 Å². The van der Waals surface area contributed by atoms with E-state index >= 15 is 0 Å². The molecule has 0 bridgehead atoms. The molecule has 0 aliphatic carbocycles. The second-order valence-electron chi connectivity index (χ2n) is 20.0. The summed E-state index contributed by atoms with van der Waals surface area (Å²) in [5.74, 6) is -0.637. The normalized spacial score (nSPS) is 13.7. The van der Waals surface area contributed by atoms with Gasteiger partial charge >= 0.3 is 11.9 Å². The molecule has 0 spiro atoms. The number of aliphatic hydroxyl groups is 1. The average molecular weight is 1100 g/mol. The molecule has 0 heterocycles. The molecule has 0 fully saturated rings. The first-order valence-corrected chi connectivity index (χ1v) is 31.6. The van der Waals surface area contributed by atoms with Gasteiger partial charge in [0.05, 0.1) is 6.61 Å². The quantitative estimate of drug-likeness (QED) is 0.0373. The fourth-order valence-electron chi connectivity index (χ4n) is 7.92. The number of carbonyl (C=O) groups is 2. The van der Waals surface area contributed by atoms with E-state index in [1.165, 1.54) is 44.9 Å². The lowest BCUT2D eigenvalue weighted by molar-refractivity contribution is -0.161. The van der Waals surface area contributed by atoms with Crippen molar-refractivity contribution in [2.24, 2.45) is 0 Å². The largest absolute Gasteiger partial charge is 0.462 e. The van der Waals surface area contributed by atoms with Crippen LogP contribution in [0.2, 0.25) is 0 Å². The molecule has 0 rings (SSSR count). The van der Waals surface area contributed by atoms with E-state index in [4.69, 9.17) is 9.47 Å². The van der Waals surface area contributed by atoms with Crippen LogP contribution in [0.4, 0.5) is 0 Å². The molecule has 0 amide bonds. The molecule has 0 aliphatic heterocycles. The Kier molecular flexibility index (Phi) is 63.1. The van der Waals surface area contributed by atoms with Gasteiger partial charge in [-0.2, -0.15) is 0 Å². The van der Waals surface area contributed by atoms with Crippen molar-refractivity contribution in [2.75, 3.05) is 13.2 Å². The number of hydrogen-bond donors (Lipinski definition) is 1. The minimum absolute atomic E-state index is 0.0931. The lowest BCUT2D eigenvalue weighted by atomic mass is 10.1. The maximum atomic E-state index is 12.3. The van der Waals surface area contributed by atoms with Crippen molar-refractivity contribution in [1.82, 2.24) is 0 Å².